The number of aryl methyl sites for hydroxylation is 1. The maximum Gasteiger partial charge on any atom is 0.194 e. The van der Waals surface area contributed by atoms with Gasteiger partial charge in [-0.3, -0.25) is 0 Å². The monoisotopic (exact) mass is 126 g/mol. The molecule has 0 spiro atoms. The van der Waals surface area contributed by atoms with Crippen LogP contribution in [-0.2, 0) is 7.05 Å². The molecule has 0 fully saturated rings. The Hall–Kier alpha value is -1.12. The molecule has 3 heteroatoms. The summed E-state index contributed by atoms with van der Waals surface area (Å²) in [5.74, 6) is 0.785. The molecule has 9 heavy (non-hydrogen) atoms. The average molecular weight is 126 g/mol. The lowest BCUT2D eigenvalue weighted by atomic mass is 10.5. The van der Waals surface area contributed by atoms with E-state index in [0.717, 1.165) is 11.6 Å². The Bertz CT molecular complexity index is 205. The quantitative estimate of drug-likeness (QED) is 0.599. The number of nitrogens with zero attached hydrogens (tertiary/aromatic N) is 1. The molecule has 1 aromatic rings. The molecule has 0 saturated carbocycles. The van der Waals surface area contributed by atoms with Crippen LogP contribution in [0.4, 0.5) is 5.69 Å². The van der Waals surface area contributed by atoms with Crippen LogP contribution in [0.2, 0.25) is 0 Å². The van der Waals surface area contributed by atoms with Gasteiger partial charge in [0.25, 0.3) is 0 Å². The summed E-state index contributed by atoms with van der Waals surface area (Å²) in [7, 11) is 3.50. The second-order valence-electron chi connectivity index (χ2n) is 1.93. The van der Waals surface area contributed by atoms with E-state index in [4.69, 9.17) is 10.5 Å². The summed E-state index contributed by atoms with van der Waals surface area (Å²) in [4.78, 5) is 0. The normalized spacial score (nSPS) is 9.56. The molecule has 0 aromatic carbocycles. The lowest BCUT2D eigenvalue weighted by Crippen LogP contribution is -1.90. The van der Waals surface area contributed by atoms with Gasteiger partial charge in [0.15, 0.2) is 5.88 Å². The molecule has 0 atom stereocenters. The number of hydrogen-bond acceptors (Lipinski definition) is 2. The molecule has 0 amide bonds. The summed E-state index contributed by atoms with van der Waals surface area (Å²) >= 11 is 0. The minimum atomic E-state index is 0.731. The Morgan fingerprint density at radius 1 is 1.67 bits per heavy atom. The summed E-state index contributed by atoms with van der Waals surface area (Å²) in [6, 6.07) is 1.78. The van der Waals surface area contributed by atoms with Crippen LogP contribution in [0.1, 0.15) is 0 Å². The summed E-state index contributed by atoms with van der Waals surface area (Å²) in [5, 5.41) is 0. The average Bonchev–Trinajstić information content (AvgIpc) is 2.10. The van der Waals surface area contributed by atoms with Crippen LogP contribution in [0, 0.1) is 0 Å². The van der Waals surface area contributed by atoms with Crippen molar-refractivity contribution in [2.45, 2.75) is 0 Å². The fraction of sp³-hybridized carbons (Fsp3) is 0.333. The van der Waals surface area contributed by atoms with E-state index >= 15 is 0 Å². The SMILES string of the molecule is COc1cc(N)cn1C. The molecule has 1 heterocycles. The number of rotatable bonds is 1. The van der Waals surface area contributed by atoms with Gasteiger partial charge in [-0.25, -0.2) is 0 Å². The van der Waals surface area contributed by atoms with Crippen LogP contribution in [0.5, 0.6) is 5.88 Å². The van der Waals surface area contributed by atoms with Crippen molar-refractivity contribution in [1.82, 2.24) is 4.57 Å². The highest BCUT2D eigenvalue weighted by Crippen LogP contribution is 2.15. The topological polar surface area (TPSA) is 40.2 Å². The smallest absolute Gasteiger partial charge is 0.194 e. The molecule has 0 aliphatic heterocycles. The fourth-order valence-electron chi connectivity index (χ4n) is 0.772. The third kappa shape index (κ3) is 0.988. The van der Waals surface area contributed by atoms with E-state index in [0.29, 0.717) is 0 Å². The van der Waals surface area contributed by atoms with Gasteiger partial charge in [-0.1, -0.05) is 0 Å². The molecule has 50 valence electrons. The number of aromatic nitrogens is 1. The van der Waals surface area contributed by atoms with Gasteiger partial charge in [0.05, 0.1) is 12.8 Å². The van der Waals surface area contributed by atoms with E-state index in [1.807, 2.05) is 11.6 Å². The summed E-state index contributed by atoms with van der Waals surface area (Å²) in [6.07, 6.45) is 1.80. The molecule has 0 aliphatic rings. The zero-order chi connectivity index (χ0) is 6.85. The Labute approximate surface area is 54.0 Å². The van der Waals surface area contributed by atoms with Crippen molar-refractivity contribution in [2.24, 2.45) is 7.05 Å². The van der Waals surface area contributed by atoms with E-state index in [1.165, 1.54) is 0 Å². The fourth-order valence-corrected chi connectivity index (χ4v) is 0.772. The molecule has 0 unspecified atom stereocenters. The Morgan fingerprint density at radius 3 is 2.56 bits per heavy atom. The maximum atomic E-state index is 5.45. The highest BCUT2D eigenvalue weighted by Gasteiger charge is 1.96. The second kappa shape index (κ2) is 2.01. The van der Waals surface area contributed by atoms with E-state index < -0.39 is 0 Å². The summed E-state index contributed by atoms with van der Waals surface area (Å²) in [6.45, 7) is 0. The van der Waals surface area contributed by atoms with Gasteiger partial charge in [-0.15, -0.1) is 0 Å². The number of nitrogens with two attached hydrogens (primary N) is 1. The Balaban J connectivity index is 3.01. The molecule has 0 aliphatic carbocycles. The highest BCUT2D eigenvalue weighted by molar-refractivity contribution is 5.41. The molecule has 0 radical (unpaired) electrons. The van der Waals surface area contributed by atoms with Crippen LogP contribution in [0.3, 0.4) is 0 Å². The lowest BCUT2D eigenvalue weighted by molar-refractivity contribution is 0.382. The van der Waals surface area contributed by atoms with Crippen LogP contribution >= 0.6 is 0 Å². The number of nitrogen functional groups attached to an aromatic ring is 1. The van der Waals surface area contributed by atoms with Gasteiger partial charge in [0, 0.05) is 19.3 Å². The number of ether oxygens (including phenoxy) is 1. The standard InChI is InChI=1S/C6H10N2O/c1-8-4-5(7)3-6(8)9-2/h3-4H,7H2,1-2H3. The van der Waals surface area contributed by atoms with Crippen LogP contribution in [0.15, 0.2) is 12.3 Å². The molecule has 2 N–H and O–H groups in total. The van der Waals surface area contributed by atoms with Gasteiger partial charge in [-0.05, 0) is 0 Å². The Morgan fingerprint density at radius 2 is 2.33 bits per heavy atom. The van der Waals surface area contributed by atoms with Gasteiger partial charge in [0.1, 0.15) is 0 Å². The van der Waals surface area contributed by atoms with E-state index in [1.54, 1.807) is 19.4 Å². The second-order valence-corrected chi connectivity index (χ2v) is 1.93. The van der Waals surface area contributed by atoms with Crippen molar-refractivity contribution in [3.05, 3.63) is 12.3 Å². The van der Waals surface area contributed by atoms with Crippen molar-refractivity contribution < 1.29 is 4.74 Å². The first-order valence-corrected chi connectivity index (χ1v) is 2.70. The van der Waals surface area contributed by atoms with Crippen LogP contribution in [-0.4, -0.2) is 11.7 Å². The molecule has 1 rings (SSSR count). The van der Waals surface area contributed by atoms with Crippen LogP contribution in [0.25, 0.3) is 0 Å². The van der Waals surface area contributed by atoms with Gasteiger partial charge < -0.3 is 15.0 Å². The van der Waals surface area contributed by atoms with E-state index in [2.05, 4.69) is 0 Å². The molecular formula is C6H10N2O. The number of methoxy groups -OCH3 is 1. The first kappa shape index (κ1) is 6.01. The van der Waals surface area contributed by atoms with E-state index in [9.17, 15) is 0 Å². The highest BCUT2D eigenvalue weighted by atomic mass is 16.5. The third-order valence-corrected chi connectivity index (χ3v) is 1.19. The lowest BCUT2D eigenvalue weighted by Gasteiger charge is -1.97. The largest absolute Gasteiger partial charge is 0.482 e. The van der Waals surface area contributed by atoms with Gasteiger partial charge >= 0.3 is 0 Å². The summed E-state index contributed by atoms with van der Waals surface area (Å²) in [5.41, 5.74) is 6.19. The van der Waals surface area contributed by atoms with Crippen molar-refractivity contribution in [3.8, 4) is 5.88 Å². The predicted molar refractivity (Wildman–Crippen MR) is 36.4 cm³/mol. The van der Waals surface area contributed by atoms with Gasteiger partial charge in [0.2, 0.25) is 0 Å². The van der Waals surface area contributed by atoms with Gasteiger partial charge in [-0.2, -0.15) is 0 Å². The summed E-state index contributed by atoms with van der Waals surface area (Å²) < 4.78 is 6.78. The minimum absolute atomic E-state index is 0.731. The van der Waals surface area contributed by atoms with Crippen molar-refractivity contribution in [3.63, 3.8) is 0 Å². The van der Waals surface area contributed by atoms with Crippen molar-refractivity contribution in [1.29, 1.82) is 0 Å². The molecule has 1 aromatic heterocycles. The van der Waals surface area contributed by atoms with Crippen molar-refractivity contribution >= 4 is 5.69 Å². The molecular weight excluding hydrogens is 116 g/mol. The maximum absolute atomic E-state index is 5.45. The predicted octanol–water partition coefficient (Wildman–Crippen LogP) is 0.616. The Kier molecular flexibility index (Phi) is 1.34. The van der Waals surface area contributed by atoms with Crippen molar-refractivity contribution in [2.75, 3.05) is 12.8 Å². The molecule has 3 nitrogen and oxygen atoms in total. The number of hydrogen-bond donors (Lipinski definition) is 1. The first-order chi connectivity index (χ1) is 4.24. The zero-order valence-corrected chi connectivity index (χ0v) is 5.59. The van der Waals surface area contributed by atoms with E-state index in [-0.39, 0.29) is 0 Å². The molecule has 0 saturated heterocycles. The third-order valence-electron chi connectivity index (χ3n) is 1.19. The minimum Gasteiger partial charge on any atom is -0.482 e. The zero-order valence-electron chi connectivity index (χ0n) is 5.59. The van der Waals surface area contributed by atoms with Crippen LogP contribution < -0.4 is 10.5 Å². The molecule has 0 bridgehead atoms. The number of anilines is 1. The first-order valence-electron chi connectivity index (χ1n) is 2.70.